The number of hydrogen-bond donors (Lipinski definition) is 2. The summed E-state index contributed by atoms with van der Waals surface area (Å²) in [6.07, 6.45) is 6.87. The fraction of sp³-hybridized carbons (Fsp3) is 0.536. The second kappa shape index (κ2) is 12.6. The molecule has 1 aliphatic rings. The Morgan fingerprint density at radius 2 is 2.03 bits per heavy atom. The molecule has 1 aromatic heterocycles. The van der Waals surface area contributed by atoms with Crippen molar-refractivity contribution in [2.24, 2.45) is 5.41 Å². The summed E-state index contributed by atoms with van der Waals surface area (Å²) < 4.78 is 33.7. The number of benzene rings is 1. The molecule has 0 saturated carbocycles. The van der Waals surface area contributed by atoms with Crippen molar-refractivity contribution in [2.75, 3.05) is 24.7 Å². The molecule has 0 unspecified atom stereocenters. The van der Waals surface area contributed by atoms with Crippen LogP contribution in [0.5, 0.6) is 0 Å². The zero-order valence-electron chi connectivity index (χ0n) is 23.9. The van der Waals surface area contributed by atoms with Crippen molar-refractivity contribution in [3.05, 3.63) is 53.1 Å². The summed E-state index contributed by atoms with van der Waals surface area (Å²) >= 11 is 0. The van der Waals surface area contributed by atoms with Crippen LogP contribution in [-0.2, 0) is 27.9 Å². The number of carbonyl (C=O) groups excluding carboxylic acids is 1. The van der Waals surface area contributed by atoms with Gasteiger partial charge in [0.15, 0.2) is 5.69 Å². The van der Waals surface area contributed by atoms with Crippen molar-refractivity contribution < 1.29 is 17.9 Å². The number of amides is 1. The Hall–Kier alpha value is -2.78. The Labute approximate surface area is 233 Å². The first kappa shape index (κ1) is 30.8. The van der Waals surface area contributed by atoms with E-state index in [0.29, 0.717) is 18.7 Å². The summed E-state index contributed by atoms with van der Waals surface area (Å²) in [5.41, 5.74) is 3.85. The molecule has 1 heterocycles. The normalized spacial score (nSPS) is 15.5. The second-order valence-electron chi connectivity index (χ2n) is 12.1. The molecule has 1 aliphatic carbocycles. The summed E-state index contributed by atoms with van der Waals surface area (Å²) in [7, 11) is -3.19. The quantitative estimate of drug-likeness (QED) is 0.273. The number of nitrogens with one attached hydrogen (secondary N) is 2. The van der Waals surface area contributed by atoms with Crippen LogP contribution in [-0.4, -0.2) is 51.4 Å². The fourth-order valence-corrected chi connectivity index (χ4v) is 5.73. The maximum Gasteiger partial charge on any atom is 0.291 e. The first-order valence-corrected chi connectivity index (χ1v) is 18.7. The van der Waals surface area contributed by atoms with E-state index in [2.05, 4.69) is 54.6 Å². The van der Waals surface area contributed by atoms with Gasteiger partial charge in [-0.2, -0.15) is 5.26 Å². The lowest BCUT2D eigenvalue weighted by atomic mass is 9.76. The Kier molecular flexibility index (Phi) is 9.93. The molecule has 0 radical (unpaired) electrons. The van der Waals surface area contributed by atoms with Gasteiger partial charge in [-0.1, -0.05) is 45.6 Å². The van der Waals surface area contributed by atoms with Gasteiger partial charge in [0.05, 0.1) is 5.75 Å². The van der Waals surface area contributed by atoms with Crippen LogP contribution >= 0.6 is 0 Å². The maximum absolute atomic E-state index is 13.4. The molecule has 212 valence electrons. The van der Waals surface area contributed by atoms with Crippen LogP contribution in [0.4, 0.5) is 5.69 Å². The summed E-state index contributed by atoms with van der Waals surface area (Å²) in [6.45, 7) is 12.0. The van der Waals surface area contributed by atoms with Gasteiger partial charge in [0, 0.05) is 32.1 Å². The highest BCUT2D eigenvalue weighted by atomic mass is 32.2. The molecule has 0 aliphatic heterocycles. The average Bonchev–Trinajstić information content (AvgIpc) is 3.29. The van der Waals surface area contributed by atoms with Gasteiger partial charge in [-0.15, -0.1) is 0 Å². The minimum atomic E-state index is -3.34. The van der Waals surface area contributed by atoms with Crippen molar-refractivity contribution in [3.8, 4) is 6.07 Å². The van der Waals surface area contributed by atoms with E-state index in [0.717, 1.165) is 42.0 Å². The van der Waals surface area contributed by atoms with Crippen molar-refractivity contribution in [1.82, 2.24) is 14.3 Å². The third-order valence-electron chi connectivity index (χ3n) is 6.94. The summed E-state index contributed by atoms with van der Waals surface area (Å²) in [6, 6.07) is 8.62. The molecule has 0 saturated heterocycles. The largest absolute Gasteiger partial charge is 0.361 e. The Morgan fingerprint density at radius 3 is 2.64 bits per heavy atom. The Morgan fingerprint density at radius 1 is 1.28 bits per heavy atom. The first-order valence-electron chi connectivity index (χ1n) is 13.3. The number of rotatable bonds is 12. The highest BCUT2D eigenvalue weighted by Gasteiger charge is 2.25. The molecule has 39 heavy (non-hydrogen) atoms. The van der Waals surface area contributed by atoms with Gasteiger partial charge in [-0.3, -0.25) is 4.79 Å². The lowest BCUT2D eigenvalue weighted by Gasteiger charge is -2.29. The number of allylic oxidation sites excluding steroid dienone is 2. The minimum absolute atomic E-state index is 0.0210. The molecule has 11 heteroatoms. The number of nitrogens with zero attached hydrogens (tertiary/aromatic N) is 3. The molecule has 2 aromatic rings. The zero-order valence-corrected chi connectivity index (χ0v) is 25.7. The molecule has 3 rings (SSSR count). The van der Waals surface area contributed by atoms with Crippen LogP contribution in [0.3, 0.4) is 0 Å². The predicted molar refractivity (Wildman–Crippen MR) is 158 cm³/mol. The Balaban J connectivity index is 1.87. The molecular formula is C28H41N5O4SSi. The second-order valence-corrected chi connectivity index (χ2v) is 19.8. The van der Waals surface area contributed by atoms with Crippen molar-refractivity contribution in [2.45, 2.75) is 71.9 Å². The SMILES string of the molecule is CNS(=O)(=O)CCc1ccc(NC(=O)c2nc(C#N)cn2COCC[Si](C)(C)C)c(C2=CCC(C)(C)CC2)c1. The summed E-state index contributed by atoms with van der Waals surface area (Å²) in [5, 5.41) is 12.4. The molecular weight excluding hydrogens is 530 g/mol. The lowest BCUT2D eigenvalue weighted by Crippen LogP contribution is -2.23. The minimum Gasteiger partial charge on any atom is -0.361 e. The Bertz CT molecular complexity index is 1370. The monoisotopic (exact) mass is 571 g/mol. The average molecular weight is 572 g/mol. The number of imidazole rings is 1. The molecule has 0 atom stereocenters. The number of aryl methyl sites for hydroxylation is 1. The van der Waals surface area contributed by atoms with E-state index in [1.165, 1.54) is 13.2 Å². The topological polar surface area (TPSA) is 126 Å². The van der Waals surface area contributed by atoms with Gasteiger partial charge in [-0.25, -0.2) is 18.1 Å². The fourth-order valence-electron chi connectivity index (χ4n) is 4.27. The number of aromatic nitrogens is 2. The highest BCUT2D eigenvalue weighted by molar-refractivity contribution is 7.89. The molecule has 0 fully saturated rings. The van der Waals surface area contributed by atoms with Gasteiger partial charge >= 0.3 is 0 Å². The number of ether oxygens (including phenoxy) is 1. The van der Waals surface area contributed by atoms with Gasteiger partial charge in [0.1, 0.15) is 12.8 Å². The summed E-state index contributed by atoms with van der Waals surface area (Å²) in [4.78, 5) is 17.6. The lowest BCUT2D eigenvalue weighted by molar-refractivity contribution is 0.0808. The van der Waals surface area contributed by atoms with Crippen molar-refractivity contribution >= 4 is 35.3 Å². The number of carbonyl (C=O) groups is 1. The predicted octanol–water partition coefficient (Wildman–Crippen LogP) is 5.00. The number of hydrogen-bond acceptors (Lipinski definition) is 6. The van der Waals surface area contributed by atoms with E-state index in [1.807, 2.05) is 24.3 Å². The van der Waals surface area contributed by atoms with Crippen molar-refractivity contribution in [3.63, 3.8) is 0 Å². The van der Waals surface area contributed by atoms with E-state index < -0.39 is 24.0 Å². The van der Waals surface area contributed by atoms with Crippen LogP contribution in [0.1, 0.15) is 60.5 Å². The number of anilines is 1. The highest BCUT2D eigenvalue weighted by Crippen LogP contribution is 2.40. The molecule has 9 nitrogen and oxygen atoms in total. The maximum atomic E-state index is 13.4. The molecule has 2 N–H and O–H groups in total. The third kappa shape index (κ3) is 9.14. The van der Waals surface area contributed by atoms with E-state index in [9.17, 15) is 18.5 Å². The van der Waals surface area contributed by atoms with E-state index in [-0.39, 0.29) is 29.4 Å². The summed E-state index contributed by atoms with van der Waals surface area (Å²) in [5.74, 6) is -0.352. The van der Waals surface area contributed by atoms with E-state index >= 15 is 0 Å². The molecule has 1 aromatic carbocycles. The van der Waals surface area contributed by atoms with E-state index in [4.69, 9.17) is 4.74 Å². The first-order chi connectivity index (χ1) is 18.2. The van der Waals surface area contributed by atoms with Crippen LogP contribution < -0.4 is 10.0 Å². The molecule has 0 bridgehead atoms. The van der Waals surface area contributed by atoms with Crippen LogP contribution in [0.15, 0.2) is 30.5 Å². The molecule has 1 amide bonds. The van der Waals surface area contributed by atoms with Crippen LogP contribution in [0.2, 0.25) is 25.7 Å². The van der Waals surface area contributed by atoms with Gasteiger partial charge < -0.3 is 14.6 Å². The zero-order chi connectivity index (χ0) is 28.8. The van der Waals surface area contributed by atoms with Crippen molar-refractivity contribution in [1.29, 1.82) is 5.26 Å². The standard InChI is InChI=1S/C28H41N5O4SSi/c1-28(2)12-9-22(10-13-28)24-17-21(11-15-38(35,36)30-3)7-8-25(24)32-27(34)26-31-23(18-29)19-33(26)20-37-14-16-39(4,5)6/h7-9,17,19,30H,10-16,20H2,1-6H3,(H,32,34). The number of nitriles is 1. The van der Waals surface area contributed by atoms with Gasteiger partial charge in [-0.05, 0) is 67.5 Å². The van der Waals surface area contributed by atoms with Crippen LogP contribution in [0, 0.1) is 16.7 Å². The number of sulfonamides is 1. The van der Waals surface area contributed by atoms with E-state index in [1.54, 1.807) is 4.57 Å². The smallest absolute Gasteiger partial charge is 0.291 e. The van der Waals surface area contributed by atoms with Gasteiger partial charge in [0.25, 0.3) is 5.91 Å². The molecule has 0 spiro atoms. The third-order valence-corrected chi connectivity index (χ3v) is 10.0. The van der Waals surface area contributed by atoms with Gasteiger partial charge in [0.2, 0.25) is 15.8 Å². The van der Waals surface area contributed by atoms with Crippen LogP contribution in [0.25, 0.3) is 5.57 Å².